The number of hydrogen-bond donors (Lipinski definition) is 1. The number of aromatic nitrogens is 1. The van der Waals surface area contributed by atoms with Crippen molar-refractivity contribution in [2.75, 3.05) is 19.5 Å². The lowest BCUT2D eigenvalue weighted by molar-refractivity contribution is 0.352. The molecule has 0 fully saturated rings. The summed E-state index contributed by atoms with van der Waals surface area (Å²) in [6.07, 6.45) is 1.78. The van der Waals surface area contributed by atoms with Crippen molar-refractivity contribution in [3.05, 3.63) is 47.7 Å². The maximum absolute atomic E-state index is 5.40. The maximum Gasteiger partial charge on any atom is 0.165 e. The van der Waals surface area contributed by atoms with Crippen LogP contribution in [0.15, 0.2) is 36.5 Å². The van der Waals surface area contributed by atoms with E-state index in [-0.39, 0.29) is 0 Å². The fraction of sp³-hybridized carbons (Fsp3) is 0.267. The second-order valence-electron chi connectivity index (χ2n) is 4.18. The third-order valence-corrected chi connectivity index (χ3v) is 2.94. The van der Waals surface area contributed by atoms with Crippen LogP contribution in [-0.4, -0.2) is 19.2 Å². The van der Waals surface area contributed by atoms with Crippen LogP contribution in [0.25, 0.3) is 0 Å². The number of hydrogen-bond acceptors (Lipinski definition) is 4. The molecule has 0 aliphatic rings. The molecule has 0 radical (unpaired) electrons. The third-order valence-electron chi connectivity index (χ3n) is 2.94. The van der Waals surface area contributed by atoms with Gasteiger partial charge in [0.1, 0.15) is 5.82 Å². The molecule has 0 saturated carbocycles. The lowest BCUT2D eigenvalue weighted by Gasteiger charge is -2.14. The van der Waals surface area contributed by atoms with Crippen LogP contribution < -0.4 is 14.8 Å². The normalized spacial score (nSPS) is 10.1. The minimum Gasteiger partial charge on any atom is -0.493 e. The molecule has 0 spiro atoms. The van der Waals surface area contributed by atoms with E-state index in [1.54, 1.807) is 20.4 Å². The molecule has 0 aliphatic heterocycles. The van der Waals surface area contributed by atoms with Gasteiger partial charge >= 0.3 is 0 Å². The van der Waals surface area contributed by atoms with Gasteiger partial charge in [-0.05, 0) is 24.6 Å². The van der Waals surface area contributed by atoms with E-state index >= 15 is 0 Å². The molecular formula is C15H18N2O2. The number of nitrogens with one attached hydrogen (secondary N) is 1. The van der Waals surface area contributed by atoms with Crippen molar-refractivity contribution in [3.63, 3.8) is 0 Å². The lowest BCUT2D eigenvalue weighted by atomic mass is 10.1. The summed E-state index contributed by atoms with van der Waals surface area (Å²) in [7, 11) is 3.28. The summed E-state index contributed by atoms with van der Waals surface area (Å²) in [6.45, 7) is 2.66. The quantitative estimate of drug-likeness (QED) is 0.895. The number of aryl methyl sites for hydroxylation is 1. The summed E-state index contributed by atoms with van der Waals surface area (Å²) in [5.41, 5.74) is 2.15. The number of rotatable bonds is 5. The molecule has 19 heavy (non-hydrogen) atoms. The minimum atomic E-state index is 0.637. The van der Waals surface area contributed by atoms with Crippen molar-refractivity contribution in [2.45, 2.75) is 13.5 Å². The molecule has 1 N–H and O–H groups in total. The molecule has 2 aromatic rings. The number of ether oxygens (including phenoxy) is 2. The topological polar surface area (TPSA) is 43.4 Å². The van der Waals surface area contributed by atoms with Crippen molar-refractivity contribution in [1.29, 1.82) is 0 Å². The summed E-state index contributed by atoms with van der Waals surface area (Å²) in [4.78, 5) is 4.31. The van der Waals surface area contributed by atoms with Gasteiger partial charge in [0.25, 0.3) is 0 Å². The summed E-state index contributed by atoms with van der Waals surface area (Å²) >= 11 is 0. The average molecular weight is 258 g/mol. The number of benzene rings is 1. The Balaban J connectivity index is 2.18. The zero-order chi connectivity index (χ0) is 13.7. The van der Waals surface area contributed by atoms with Crippen molar-refractivity contribution >= 4 is 5.82 Å². The summed E-state index contributed by atoms with van der Waals surface area (Å²) in [5.74, 6) is 2.37. The molecule has 100 valence electrons. The van der Waals surface area contributed by atoms with E-state index < -0.39 is 0 Å². The summed E-state index contributed by atoms with van der Waals surface area (Å²) in [6, 6.07) is 9.79. The van der Waals surface area contributed by atoms with Gasteiger partial charge < -0.3 is 14.8 Å². The minimum absolute atomic E-state index is 0.637. The highest BCUT2D eigenvalue weighted by Gasteiger charge is 2.09. The standard InChI is InChI=1S/C15H18N2O2/c1-11-6-5-9-16-15(11)17-10-12-7-4-8-13(18-2)14(12)19-3/h4-9H,10H2,1-3H3,(H,16,17). The molecule has 0 amide bonds. The van der Waals surface area contributed by atoms with Gasteiger partial charge in [0.2, 0.25) is 0 Å². The number of pyridine rings is 1. The Labute approximate surface area is 113 Å². The highest BCUT2D eigenvalue weighted by atomic mass is 16.5. The van der Waals surface area contributed by atoms with Gasteiger partial charge in [-0.2, -0.15) is 0 Å². The van der Waals surface area contributed by atoms with E-state index in [1.807, 2.05) is 37.3 Å². The van der Waals surface area contributed by atoms with Crippen LogP contribution in [0, 0.1) is 6.92 Å². The van der Waals surface area contributed by atoms with E-state index in [4.69, 9.17) is 9.47 Å². The molecule has 2 rings (SSSR count). The third kappa shape index (κ3) is 2.96. The summed E-state index contributed by atoms with van der Waals surface area (Å²) < 4.78 is 10.7. The zero-order valence-electron chi connectivity index (χ0n) is 11.4. The molecule has 0 aliphatic carbocycles. The number of para-hydroxylation sites is 1. The second kappa shape index (κ2) is 6.09. The van der Waals surface area contributed by atoms with Crippen LogP contribution in [0.1, 0.15) is 11.1 Å². The first-order valence-corrected chi connectivity index (χ1v) is 6.11. The molecule has 4 heteroatoms. The van der Waals surface area contributed by atoms with Gasteiger partial charge in [-0.25, -0.2) is 4.98 Å². The summed E-state index contributed by atoms with van der Waals surface area (Å²) in [5, 5.41) is 3.31. The fourth-order valence-electron chi connectivity index (χ4n) is 1.94. The number of anilines is 1. The smallest absolute Gasteiger partial charge is 0.165 e. The Morgan fingerprint density at radius 3 is 2.63 bits per heavy atom. The van der Waals surface area contributed by atoms with Crippen LogP contribution >= 0.6 is 0 Å². The van der Waals surface area contributed by atoms with Crippen LogP contribution in [0.3, 0.4) is 0 Å². The molecular weight excluding hydrogens is 240 g/mol. The molecule has 4 nitrogen and oxygen atoms in total. The van der Waals surface area contributed by atoms with Crippen molar-refractivity contribution in [1.82, 2.24) is 4.98 Å². The zero-order valence-corrected chi connectivity index (χ0v) is 11.4. The Morgan fingerprint density at radius 1 is 1.11 bits per heavy atom. The van der Waals surface area contributed by atoms with E-state index in [0.29, 0.717) is 6.54 Å². The first-order chi connectivity index (χ1) is 9.26. The Kier molecular flexibility index (Phi) is 4.23. The van der Waals surface area contributed by atoms with Gasteiger partial charge in [0.05, 0.1) is 14.2 Å². The number of methoxy groups -OCH3 is 2. The molecule has 1 aromatic carbocycles. The van der Waals surface area contributed by atoms with Gasteiger partial charge in [-0.15, -0.1) is 0 Å². The fourth-order valence-corrected chi connectivity index (χ4v) is 1.94. The van der Waals surface area contributed by atoms with Crippen LogP contribution in [0.4, 0.5) is 5.82 Å². The first-order valence-electron chi connectivity index (χ1n) is 6.11. The van der Waals surface area contributed by atoms with E-state index in [0.717, 1.165) is 28.4 Å². The molecule has 1 heterocycles. The van der Waals surface area contributed by atoms with Gasteiger partial charge in [-0.3, -0.25) is 0 Å². The van der Waals surface area contributed by atoms with Gasteiger partial charge in [-0.1, -0.05) is 18.2 Å². The highest BCUT2D eigenvalue weighted by Crippen LogP contribution is 2.31. The SMILES string of the molecule is COc1cccc(CNc2ncccc2C)c1OC. The van der Waals surface area contributed by atoms with E-state index in [2.05, 4.69) is 10.3 Å². The predicted octanol–water partition coefficient (Wildman–Crippen LogP) is 3.02. The second-order valence-corrected chi connectivity index (χ2v) is 4.18. The Hall–Kier alpha value is -2.23. The molecule has 0 saturated heterocycles. The maximum atomic E-state index is 5.40. The van der Waals surface area contributed by atoms with Crippen LogP contribution in [-0.2, 0) is 6.54 Å². The Bertz CT molecular complexity index is 556. The van der Waals surface area contributed by atoms with Crippen molar-refractivity contribution in [3.8, 4) is 11.5 Å². The highest BCUT2D eigenvalue weighted by molar-refractivity contribution is 5.49. The van der Waals surface area contributed by atoms with E-state index in [1.165, 1.54) is 0 Å². The van der Waals surface area contributed by atoms with Crippen LogP contribution in [0.2, 0.25) is 0 Å². The van der Waals surface area contributed by atoms with Crippen molar-refractivity contribution < 1.29 is 9.47 Å². The Morgan fingerprint density at radius 2 is 1.95 bits per heavy atom. The molecule has 0 bridgehead atoms. The van der Waals surface area contributed by atoms with Crippen LogP contribution in [0.5, 0.6) is 11.5 Å². The molecule has 0 atom stereocenters. The monoisotopic (exact) mass is 258 g/mol. The van der Waals surface area contributed by atoms with Gasteiger partial charge in [0.15, 0.2) is 11.5 Å². The molecule has 1 aromatic heterocycles. The first kappa shape index (κ1) is 13.2. The average Bonchev–Trinajstić information content (AvgIpc) is 2.45. The van der Waals surface area contributed by atoms with Gasteiger partial charge in [0, 0.05) is 18.3 Å². The lowest BCUT2D eigenvalue weighted by Crippen LogP contribution is -2.05. The predicted molar refractivity (Wildman–Crippen MR) is 75.8 cm³/mol. The van der Waals surface area contributed by atoms with Crippen molar-refractivity contribution in [2.24, 2.45) is 0 Å². The largest absolute Gasteiger partial charge is 0.493 e. The molecule has 0 unspecified atom stereocenters. The number of nitrogens with zero attached hydrogens (tertiary/aromatic N) is 1. The van der Waals surface area contributed by atoms with E-state index in [9.17, 15) is 0 Å².